The van der Waals surface area contributed by atoms with E-state index in [1.54, 1.807) is 6.07 Å². The van der Waals surface area contributed by atoms with Gasteiger partial charge in [-0.25, -0.2) is 4.79 Å². The number of amides is 1. The number of esters is 1. The Balaban J connectivity index is 1.66. The fourth-order valence-electron chi connectivity index (χ4n) is 2.41. The van der Waals surface area contributed by atoms with Crippen molar-refractivity contribution in [2.75, 3.05) is 7.11 Å². The highest BCUT2D eigenvalue weighted by Crippen LogP contribution is 2.30. The molecule has 2 heterocycles. The van der Waals surface area contributed by atoms with Crippen LogP contribution in [0.25, 0.3) is 0 Å². The Morgan fingerprint density at radius 3 is 2.45 bits per heavy atom. The summed E-state index contributed by atoms with van der Waals surface area (Å²) in [4.78, 5) is 44.5. The predicted molar refractivity (Wildman–Crippen MR) is 105 cm³/mol. The van der Waals surface area contributed by atoms with Gasteiger partial charge in [-0.3, -0.25) is 25.0 Å². The number of rotatable bonds is 8. The smallest absolute Gasteiger partial charge is 0.433 e. The number of furan rings is 1. The van der Waals surface area contributed by atoms with Gasteiger partial charge in [0.1, 0.15) is 4.92 Å². The lowest BCUT2D eigenvalue weighted by atomic mass is 10.2. The largest absolute Gasteiger partial charge is 0.493 e. The van der Waals surface area contributed by atoms with E-state index in [4.69, 9.17) is 13.9 Å². The van der Waals surface area contributed by atoms with Crippen LogP contribution in [-0.4, -0.2) is 28.8 Å². The molecule has 0 unspecified atom stereocenters. The average molecular weight is 447 g/mol. The van der Waals surface area contributed by atoms with Gasteiger partial charge in [-0.05, 0) is 29.8 Å². The third-order valence-electron chi connectivity index (χ3n) is 3.85. The van der Waals surface area contributed by atoms with Gasteiger partial charge in [-0.15, -0.1) is 0 Å². The van der Waals surface area contributed by atoms with E-state index in [1.807, 2.05) is 0 Å². The van der Waals surface area contributed by atoms with Gasteiger partial charge in [-0.1, -0.05) is 17.4 Å². The van der Waals surface area contributed by atoms with Crippen molar-refractivity contribution < 1.29 is 33.3 Å². The van der Waals surface area contributed by atoms with Crippen molar-refractivity contribution in [3.05, 3.63) is 78.9 Å². The molecule has 0 bridgehead atoms. The van der Waals surface area contributed by atoms with Crippen LogP contribution in [0.3, 0.4) is 0 Å². The Bertz CT molecular complexity index is 1170. The van der Waals surface area contributed by atoms with Gasteiger partial charge in [0.25, 0.3) is 5.91 Å². The number of carbonyl (C=O) groups is 2. The summed E-state index contributed by atoms with van der Waals surface area (Å²) in [5, 5.41) is 23.8. The number of carbonyl (C=O) groups excluding carboxylic acids is 2. The first-order valence-electron chi connectivity index (χ1n) is 8.44. The zero-order valence-corrected chi connectivity index (χ0v) is 16.5. The monoisotopic (exact) mass is 447 g/mol. The Morgan fingerprint density at radius 2 is 1.84 bits per heavy atom. The van der Waals surface area contributed by atoms with Gasteiger partial charge in [0.05, 0.1) is 23.0 Å². The summed E-state index contributed by atoms with van der Waals surface area (Å²) in [6.07, 6.45) is 0. The zero-order valence-electron chi connectivity index (χ0n) is 15.7. The number of nitrogens with zero attached hydrogens (tertiary/aromatic N) is 2. The highest BCUT2D eigenvalue weighted by Gasteiger charge is 2.21. The maximum absolute atomic E-state index is 12.1. The molecule has 1 amide bonds. The van der Waals surface area contributed by atoms with Gasteiger partial charge in [0, 0.05) is 12.6 Å². The molecule has 0 saturated carbocycles. The number of ether oxygens (including phenoxy) is 2. The predicted octanol–water partition coefficient (Wildman–Crippen LogP) is 3.32. The summed E-state index contributed by atoms with van der Waals surface area (Å²) in [6.45, 7) is 0.0828. The number of hydrogen-bond acceptors (Lipinski definition) is 10. The maximum atomic E-state index is 12.1. The fraction of sp³-hybridized carbons (Fsp3) is 0.111. The Labute approximate surface area is 177 Å². The minimum Gasteiger partial charge on any atom is -0.493 e. The molecule has 0 spiro atoms. The van der Waals surface area contributed by atoms with Crippen LogP contribution in [-0.2, 0) is 6.54 Å². The molecule has 12 nitrogen and oxygen atoms in total. The standard InChI is InChI=1S/C18H13N3O9S/c1-28-13-8-10(9-19-17(22)14-5-7-16(31-14)21(26)27)2-3-11(13)30-18(23)12-4-6-15(29-12)20(24)25/h2-8H,9H2,1H3,(H,19,22). The molecular formula is C18H13N3O9S. The zero-order chi connectivity index (χ0) is 22.5. The second-order valence-corrected chi connectivity index (χ2v) is 6.91. The normalized spacial score (nSPS) is 10.4. The van der Waals surface area contributed by atoms with E-state index in [-0.39, 0.29) is 33.7 Å². The van der Waals surface area contributed by atoms with Crippen LogP contribution in [0.4, 0.5) is 10.9 Å². The third-order valence-corrected chi connectivity index (χ3v) is 4.89. The van der Waals surface area contributed by atoms with Crippen molar-refractivity contribution in [1.82, 2.24) is 5.32 Å². The van der Waals surface area contributed by atoms with E-state index >= 15 is 0 Å². The summed E-state index contributed by atoms with van der Waals surface area (Å²) in [5.41, 5.74) is 0.602. The van der Waals surface area contributed by atoms with Gasteiger partial charge in [0.2, 0.25) is 5.76 Å². The van der Waals surface area contributed by atoms with Crippen molar-refractivity contribution in [2.45, 2.75) is 6.54 Å². The molecule has 3 aromatic rings. The van der Waals surface area contributed by atoms with Crippen LogP contribution in [0, 0.1) is 20.2 Å². The van der Waals surface area contributed by atoms with E-state index < -0.39 is 27.6 Å². The average Bonchev–Trinajstić information content (AvgIpc) is 3.43. The van der Waals surface area contributed by atoms with E-state index in [2.05, 4.69) is 5.32 Å². The SMILES string of the molecule is COc1cc(CNC(=O)c2ccc([N+](=O)[O-])s2)ccc1OC(=O)c1ccc([N+](=O)[O-])o1. The molecule has 3 rings (SSSR count). The number of nitro groups is 2. The van der Waals surface area contributed by atoms with Crippen molar-refractivity contribution in [3.8, 4) is 11.5 Å². The molecule has 1 N–H and O–H groups in total. The molecule has 0 aliphatic carbocycles. The summed E-state index contributed by atoms with van der Waals surface area (Å²) in [6, 6.07) is 9.26. The van der Waals surface area contributed by atoms with Crippen molar-refractivity contribution in [1.29, 1.82) is 0 Å². The van der Waals surface area contributed by atoms with Crippen LogP contribution >= 0.6 is 11.3 Å². The lowest BCUT2D eigenvalue weighted by Gasteiger charge is -2.11. The molecular weight excluding hydrogens is 434 g/mol. The Morgan fingerprint density at radius 1 is 1.06 bits per heavy atom. The van der Waals surface area contributed by atoms with Crippen molar-refractivity contribution in [2.24, 2.45) is 0 Å². The van der Waals surface area contributed by atoms with E-state index in [9.17, 15) is 29.8 Å². The first-order valence-corrected chi connectivity index (χ1v) is 9.26. The Hall–Kier alpha value is -4.26. The van der Waals surface area contributed by atoms with E-state index in [1.165, 1.54) is 31.4 Å². The molecule has 160 valence electrons. The lowest BCUT2D eigenvalue weighted by molar-refractivity contribution is -0.402. The molecule has 0 atom stereocenters. The molecule has 2 aromatic heterocycles. The van der Waals surface area contributed by atoms with Gasteiger partial charge >= 0.3 is 16.9 Å². The van der Waals surface area contributed by atoms with Crippen molar-refractivity contribution in [3.63, 3.8) is 0 Å². The molecule has 0 aliphatic heterocycles. The minimum absolute atomic E-state index is 0.0375. The number of methoxy groups -OCH3 is 1. The first-order chi connectivity index (χ1) is 14.8. The lowest BCUT2D eigenvalue weighted by Crippen LogP contribution is -2.21. The molecule has 0 fully saturated rings. The molecule has 13 heteroatoms. The highest BCUT2D eigenvalue weighted by atomic mass is 32.1. The third kappa shape index (κ3) is 5.02. The van der Waals surface area contributed by atoms with Gasteiger partial charge in [-0.2, -0.15) is 0 Å². The Kier molecular flexibility index (Phi) is 6.26. The van der Waals surface area contributed by atoms with Crippen LogP contribution in [0.15, 0.2) is 46.9 Å². The number of benzene rings is 1. The number of thiophene rings is 1. The molecule has 31 heavy (non-hydrogen) atoms. The second kappa shape index (κ2) is 9.04. The summed E-state index contributed by atoms with van der Waals surface area (Å²) < 4.78 is 15.1. The summed E-state index contributed by atoms with van der Waals surface area (Å²) in [7, 11) is 1.34. The summed E-state index contributed by atoms with van der Waals surface area (Å²) in [5.74, 6) is -2.17. The van der Waals surface area contributed by atoms with Crippen molar-refractivity contribution >= 4 is 34.1 Å². The molecule has 0 radical (unpaired) electrons. The molecule has 0 aliphatic rings. The first kappa shape index (κ1) is 21.4. The van der Waals surface area contributed by atoms with Crippen LogP contribution in [0.2, 0.25) is 0 Å². The van der Waals surface area contributed by atoms with Gasteiger partial charge in [0.15, 0.2) is 11.5 Å². The fourth-order valence-corrected chi connectivity index (χ4v) is 3.15. The highest BCUT2D eigenvalue weighted by molar-refractivity contribution is 7.17. The van der Waals surface area contributed by atoms with Gasteiger partial charge < -0.3 is 19.2 Å². The quantitative estimate of drug-likeness (QED) is 0.236. The van der Waals surface area contributed by atoms with E-state index in [0.717, 1.165) is 23.5 Å². The minimum atomic E-state index is -0.952. The maximum Gasteiger partial charge on any atom is 0.433 e. The van der Waals surface area contributed by atoms with Crippen LogP contribution in [0.5, 0.6) is 11.5 Å². The molecule has 1 aromatic carbocycles. The topological polar surface area (TPSA) is 164 Å². The van der Waals surface area contributed by atoms with E-state index in [0.29, 0.717) is 5.56 Å². The second-order valence-electron chi connectivity index (χ2n) is 5.85. The number of nitrogens with one attached hydrogen (secondary N) is 1. The van der Waals surface area contributed by atoms with Crippen LogP contribution < -0.4 is 14.8 Å². The molecule has 0 saturated heterocycles. The number of hydrogen-bond donors (Lipinski definition) is 1. The van der Waals surface area contributed by atoms with Crippen LogP contribution in [0.1, 0.15) is 25.8 Å². The summed E-state index contributed by atoms with van der Waals surface area (Å²) >= 11 is 0.758.